The molecule has 1 saturated heterocycles. The second-order valence-electron chi connectivity index (χ2n) is 8.13. The highest BCUT2D eigenvalue weighted by molar-refractivity contribution is 7.80. The minimum atomic E-state index is -0.278. The highest BCUT2D eigenvalue weighted by Gasteiger charge is 2.42. The van der Waals surface area contributed by atoms with E-state index < -0.39 is 0 Å². The third-order valence-corrected chi connectivity index (χ3v) is 6.60. The normalized spacial score (nSPS) is 22.3. The van der Waals surface area contributed by atoms with Gasteiger partial charge in [0, 0.05) is 24.6 Å². The molecule has 2 fully saturated rings. The highest BCUT2D eigenvalue weighted by atomic mass is 32.1. The minimum absolute atomic E-state index is 0.152. The first-order chi connectivity index (χ1) is 14.7. The van der Waals surface area contributed by atoms with Gasteiger partial charge >= 0.3 is 0 Å². The molecule has 1 aromatic carbocycles. The average Bonchev–Trinajstić information content (AvgIpc) is 3.40. The van der Waals surface area contributed by atoms with Crippen LogP contribution in [0.15, 0.2) is 67.1 Å². The van der Waals surface area contributed by atoms with E-state index in [9.17, 15) is 4.39 Å². The Kier molecular flexibility index (Phi) is 5.25. The zero-order valence-electron chi connectivity index (χ0n) is 16.7. The molecule has 2 aliphatic rings. The Labute approximate surface area is 181 Å². The van der Waals surface area contributed by atoms with Gasteiger partial charge in [-0.25, -0.2) is 4.39 Å². The predicted molar refractivity (Wildman–Crippen MR) is 121 cm³/mol. The Morgan fingerprint density at radius 2 is 1.80 bits per heavy atom. The summed E-state index contributed by atoms with van der Waals surface area (Å²) >= 11 is 5.68. The molecule has 4 nitrogen and oxygen atoms in total. The van der Waals surface area contributed by atoms with Gasteiger partial charge in [-0.15, -0.1) is 0 Å². The molecule has 5 rings (SSSR count). The monoisotopic (exact) mass is 420 g/mol. The number of halogens is 1. The van der Waals surface area contributed by atoms with Gasteiger partial charge in [-0.2, -0.15) is 0 Å². The van der Waals surface area contributed by atoms with E-state index in [1.807, 2.05) is 29.2 Å². The second-order valence-corrected chi connectivity index (χ2v) is 8.52. The van der Waals surface area contributed by atoms with Crippen molar-refractivity contribution in [3.05, 3.63) is 84.2 Å². The van der Waals surface area contributed by atoms with Crippen LogP contribution in [0.4, 0.5) is 10.1 Å². The maximum absolute atomic E-state index is 14.8. The summed E-state index contributed by atoms with van der Waals surface area (Å²) < 4.78 is 17.1. The third-order valence-electron chi connectivity index (χ3n) is 6.29. The van der Waals surface area contributed by atoms with Gasteiger partial charge in [0.1, 0.15) is 5.82 Å². The number of rotatable bonds is 4. The van der Waals surface area contributed by atoms with Crippen molar-refractivity contribution in [1.82, 2.24) is 14.9 Å². The van der Waals surface area contributed by atoms with Crippen molar-refractivity contribution in [2.45, 2.75) is 50.2 Å². The van der Waals surface area contributed by atoms with Gasteiger partial charge in [0.05, 0.1) is 23.5 Å². The molecule has 30 heavy (non-hydrogen) atoms. The zero-order chi connectivity index (χ0) is 20.5. The summed E-state index contributed by atoms with van der Waals surface area (Å²) in [7, 11) is 0. The predicted octanol–water partition coefficient (Wildman–Crippen LogP) is 5.70. The maximum Gasteiger partial charge on any atom is 0.174 e. The average molecular weight is 421 g/mol. The van der Waals surface area contributed by atoms with Crippen molar-refractivity contribution in [3.8, 4) is 0 Å². The lowest BCUT2D eigenvalue weighted by molar-refractivity contribution is 0.353. The van der Waals surface area contributed by atoms with Gasteiger partial charge in [0.2, 0.25) is 0 Å². The van der Waals surface area contributed by atoms with Crippen LogP contribution in [-0.4, -0.2) is 14.7 Å². The lowest BCUT2D eigenvalue weighted by Crippen LogP contribution is -2.30. The Hall–Kier alpha value is -2.73. The number of nitrogens with zero attached hydrogens (tertiary/aromatic N) is 3. The first-order valence-electron chi connectivity index (χ1n) is 10.6. The van der Waals surface area contributed by atoms with E-state index in [0.29, 0.717) is 16.8 Å². The molecular formula is C24H25FN4S. The molecule has 0 amide bonds. The van der Waals surface area contributed by atoms with Crippen molar-refractivity contribution in [1.29, 1.82) is 0 Å². The van der Waals surface area contributed by atoms with Gasteiger partial charge in [-0.3, -0.25) is 4.98 Å². The molecule has 1 aliphatic carbocycles. The fraction of sp³-hybridized carbons (Fsp3) is 0.333. The van der Waals surface area contributed by atoms with Gasteiger partial charge in [0.25, 0.3) is 0 Å². The van der Waals surface area contributed by atoms with E-state index in [-0.39, 0.29) is 17.9 Å². The number of anilines is 1. The highest BCUT2D eigenvalue weighted by Crippen LogP contribution is 2.42. The number of aromatic nitrogens is 2. The van der Waals surface area contributed by atoms with Crippen LogP contribution in [0.1, 0.15) is 61.5 Å². The molecule has 0 unspecified atom stereocenters. The van der Waals surface area contributed by atoms with Gasteiger partial charge in [-0.1, -0.05) is 37.5 Å². The van der Waals surface area contributed by atoms with Crippen LogP contribution in [-0.2, 0) is 0 Å². The number of para-hydroxylation sites is 1. The summed E-state index contributed by atoms with van der Waals surface area (Å²) in [5.74, 6) is -0.278. The summed E-state index contributed by atoms with van der Waals surface area (Å²) in [4.78, 5) is 6.48. The summed E-state index contributed by atoms with van der Waals surface area (Å²) in [5.41, 5.74) is 2.50. The smallest absolute Gasteiger partial charge is 0.174 e. The molecule has 3 aromatic rings. The topological polar surface area (TPSA) is 33.1 Å². The van der Waals surface area contributed by atoms with Gasteiger partial charge in [-0.05, 0) is 61.0 Å². The van der Waals surface area contributed by atoms with Crippen molar-refractivity contribution in [2.24, 2.45) is 0 Å². The first-order valence-corrected chi connectivity index (χ1v) is 11.1. The van der Waals surface area contributed by atoms with Gasteiger partial charge in [0.15, 0.2) is 5.11 Å². The quantitative estimate of drug-likeness (QED) is 0.549. The first kappa shape index (κ1) is 19.2. The number of nitrogens with one attached hydrogen (secondary N) is 1. The Morgan fingerprint density at radius 3 is 2.57 bits per heavy atom. The van der Waals surface area contributed by atoms with Crippen molar-refractivity contribution < 1.29 is 4.39 Å². The van der Waals surface area contributed by atoms with Crippen LogP contribution in [0.2, 0.25) is 0 Å². The molecule has 0 spiro atoms. The second kappa shape index (κ2) is 8.19. The fourth-order valence-corrected chi connectivity index (χ4v) is 5.15. The molecular weight excluding hydrogens is 395 g/mol. The molecule has 2 aromatic heterocycles. The third kappa shape index (κ3) is 3.49. The molecule has 2 atom stereocenters. The van der Waals surface area contributed by atoms with Gasteiger partial charge < -0.3 is 14.8 Å². The van der Waals surface area contributed by atoms with Crippen LogP contribution in [0.3, 0.4) is 0 Å². The molecule has 0 bridgehead atoms. The molecule has 6 heteroatoms. The molecule has 1 saturated carbocycles. The summed E-state index contributed by atoms with van der Waals surface area (Å²) in [6.07, 6.45) is 12.5. The van der Waals surface area contributed by atoms with Crippen LogP contribution in [0.25, 0.3) is 0 Å². The van der Waals surface area contributed by atoms with Crippen LogP contribution in [0.5, 0.6) is 0 Å². The number of hydrogen-bond donors (Lipinski definition) is 1. The molecule has 3 heterocycles. The Morgan fingerprint density at radius 1 is 1.00 bits per heavy atom. The minimum Gasteiger partial charge on any atom is -0.351 e. The van der Waals surface area contributed by atoms with E-state index in [0.717, 1.165) is 11.3 Å². The van der Waals surface area contributed by atoms with E-state index in [1.165, 1.54) is 38.2 Å². The van der Waals surface area contributed by atoms with Crippen LogP contribution >= 0.6 is 12.2 Å². The molecule has 0 radical (unpaired) electrons. The molecule has 1 N–H and O–H groups in total. The summed E-state index contributed by atoms with van der Waals surface area (Å²) in [6, 6.07) is 15.1. The molecule has 1 aliphatic heterocycles. The fourth-order valence-electron chi connectivity index (χ4n) is 4.81. The lowest BCUT2D eigenvalue weighted by Gasteiger charge is -2.28. The van der Waals surface area contributed by atoms with Crippen molar-refractivity contribution in [2.75, 3.05) is 4.90 Å². The Balaban J connectivity index is 1.57. The van der Waals surface area contributed by atoms with E-state index in [4.69, 9.17) is 12.2 Å². The number of benzene rings is 1. The van der Waals surface area contributed by atoms with Crippen LogP contribution < -0.4 is 10.2 Å². The Bertz CT molecular complexity index is 1030. The van der Waals surface area contributed by atoms with E-state index >= 15 is 0 Å². The molecule has 154 valence electrons. The largest absolute Gasteiger partial charge is 0.351 e. The number of thiocarbonyl (C=S) groups is 1. The summed E-state index contributed by atoms with van der Waals surface area (Å²) in [6.45, 7) is 0. The van der Waals surface area contributed by atoms with Crippen LogP contribution in [0, 0.1) is 5.82 Å². The van der Waals surface area contributed by atoms with Crippen molar-refractivity contribution >= 4 is 23.0 Å². The maximum atomic E-state index is 14.8. The zero-order valence-corrected chi connectivity index (χ0v) is 17.6. The van der Waals surface area contributed by atoms with Crippen molar-refractivity contribution in [3.63, 3.8) is 0 Å². The van der Waals surface area contributed by atoms with E-state index in [1.54, 1.807) is 18.3 Å². The SMILES string of the molecule is Fc1ccccc1N1C(=S)N[C@@H](c2ccccn2)[C@@H]1c1ccn(C2CCCCC2)c1. The summed E-state index contributed by atoms with van der Waals surface area (Å²) in [5, 5.41) is 3.92. The lowest BCUT2D eigenvalue weighted by atomic mass is 9.95. The van der Waals surface area contributed by atoms with E-state index in [2.05, 4.69) is 33.3 Å². The number of hydrogen-bond acceptors (Lipinski definition) is 2. The standard InChI is InChI=1S/C24H25FN4S/c25-19-10-4-5-12-21(19)29-23(22(27-24(29)30)20-11-6-7-14-26-20)17-13-15-28(16-17)18-8-2-1-3-9-18/h4-7,10-16,18,22-23H,1-3,8-9H2,(H,27,30)/t22-,23-/m0/s1. The number of pyridine rings is 1.